The molecule has 0 unspecified atom stereocenters. The van der Waals surface area contributed by atoms with E-state index in [2.05, 4.69) is 5.32 Å². The summed E-state index contributed by atoms with van der Waals surface area (Å²) in [4.78, 5) is 32.0. The predicted octanol–water partition coefficient (Wildman–Crippen LogP) is 4.08. The number of alkyl halides is 3. The monoisotopic (exact) mass is 369 g/mol. The zero-order valence-electron chi connectivity index (χ0n) is 13.0. The van der Waals surface area contributed by atoms with Gasteiger partial charge in [-0.05, 0) is 24.6 Å². The highest BCUT2D eigenvalue weighted by Crippen LogP contribution is 2.33. The molecule has 0 radical (unpaired) electrons. The van der Waals surface area contributed by atoms with E-state index in [-0.39, 0.29) is 11.3 Å². The highest BCUT2D eigenvalue weighted by Gasteiger charge is 2.32. The van der Waals surface area contributed by atoms with Gasteiger partial charge in [0.25, 0.3) is 17.3 Å². The number of carbonyl (C=O) groups excluding carboxylic acids is 1. The minimum atomic E-state index is -4.63. The molecule has 11 heteroatoms. The molecule has 0 spiro atoms. The number of nitro groups is 2. The van der Waals surface area contributed by atoms with Gasteiger partial charge in [-0.25, -0.2) is 0 Å². The second kappa shape index (κ2) is 6.78. The molecule has 1 amide bonds. The van der Waals surface area contributed by atoms with Crippen LogP contribution < -0.4 is 5.32 Å². The largest absolute Gasteiger partial charge is 0.416 e. The third-order valence-electron chi connectivity index (χ3n) is 3.39. The van der Waals surface area contributed by atoms with Gasteiger partial charge in [0, 0.05) is 17.8 Å². The minimum Gasteiger partial charge on any atom is -0.322 e. The number of non-ortho nitro benzene ring substituents is 2. The van der Waals surface area contributed by atoms with E-state index >= 15 is 0 Å². The standard InChI is InChI=1S/C15H10F3N3O5/c1-8-2-3-10(6-13(8)15(16,17)18)19-14(22)9-4-11(20(23)24)7-12(5-9)21(25)26/h2-7H,1H3,(H,19,22). The van der Waals surface area contributed by atoms with E-state index < -0.39 is 44.4 Å². The number of hydrogen-bond donors (Lipinski definition) is 1. The molecule has 0 aliphatic carbocycles. The topological polar surface area (TPSA) is 115 Å². The number of amides is 1. The number of nitrogens with zero attached hydrogens (tertiary/aromatic N) is 2. The Hall–Kier alpha value is -3.50. The molecule has 8 nitrogen and oxygen atoms in total. The number of aryl methyl sites for hydroxylation is 1. The molecular weight excluding hydrogens is 359 g/mol. The molecule has 136 valence electrons. The van der Waals surface area contributed by atoms with Crippen molar-refractivity contribution in [3.63, 3.8) is 0 Å². The Bertz CT molecular complexity index is 880. The van der Waals surface area contributed by atoms with E-state index in [1.807, 2.05) is 0 Å². The zero-order valence-corrected chi connectivity index (χ0v) is 13.0. The molecule has 1 N–H and O–H groups in total. The van der Waals surface area contributed by atoms with Crippen LogP contribution in [-0.2, 0) is 6.18 Å². The maximum absolute atomic E-state index is 12.9. The van der Waals surface area contributed by atoms with Crippen molar-refractivity contribution in [2.45, 2.75) is 13.1 Å². The lowest BCUT2D eigenvalue weighted by Crippen LogP contribution is -2.14. The molecule has 0 aliphatic rings. The highest BCUT2D eigenvalue weighted by atomic mass is 19.4. The smallest absolute Gasteiger partial charge is 0.322 e. The quantitative estimate of drug-likeness (QED) is 0.644. The molecule has 2 rings (SSSR count). The van der Waals surface area contributed by atoms with Gasteiger partial charge in [-0.1, -0.05) is 6.07 Å². The molecule has 0 atom stereocenters. The van der Waals surface area contributed by atoms with Gasteiger partial charge in [0.2, 0.25) is 0 Å². The fourth-order valence-electron chi connectivity index (χ4n) is 2.15. The lowest BCUT2D eigenvalue weighted by molar-refractivity contribution is -0.394. The molecule has 0 heterocycles. The summed E-state index contributed by atoms with van der Waals surface area (Å²) in [7, 11) is 0. The van der Waals surface area contributed by atoms with Crippen LogP contribution in [0.15, 0.2) is 36.4 Å². The summed E-state index contributed by atoms with van der Waals surface area (Å²) in [6.07, 6.45) is -4.63. The predicted molar refractivity (Wildman–Crippen MR) is 83.9 cm³/mol. The summed E-state index contributed by atoms with van der Waals surface area (Å²) in [5.74, 6) is -1.02. The molecular formula is C15H10F3N3O5. The first-order chi connectivity index (χ1) is 12.0. The molecule has 2 aromatic rings. The fraction of sp³-hybridized carbons (Fsp3) is 0.133. The third-order valence-corrected chi connectivity index (χ3v) is 3.39. The van der Waals surface area contributed by atoms with Crippen molar-refractivity contribution in [1.29, 1.82) is 0 Å². The molecule has 0 fully saturated rings. The zero-order chi connectivity index (χ0) is 19.6. The SMILES string of the molecule is Cc1ccc(NC(=O)c2cc([N+](=O)[O-])cc([N+](=O)[O-])c2)cc1C(F)(F)F. The number of nitrogens with one attached hydrogen (secondary N) is 1. The molecule has 0 aliphatic heterocycles. The number of anilines is 1. The first-order valence-corrected chi connectivity index (χ1v) is 6.92. The van der Waals surface area contributed by atoms with E-state index in [9.17, 15) is 38.2 Å². The van der Waals surface area contributed by atoms with Crippen LogP contribution in [0, 0.1) is 27.2 Å². The second-order valence-electron chi connectivity index (χ2n) is 5.23. The second-order valence-corrected chi connectivity index (χ2v) is 5.23. The summed E-state index contributed by atoms with van der Waals surface area (Å²) in [5, 5.41) is 23.8. The molecule has 0 aromatic heterocycles. The van der Waals surface area contributed by atoms with Gasteiger partial charge < -0.3 is 5.32 Å². The minimum absolute atomic E-state index is 0.0542. The molecule has 26 heavy (non-hydrogen) atoms. The Kier molecular flexibility index (Phi) is 4.91. The summed E-state index contributed by atoms with van der Waals surface area (Å²) < 4.78 is 38.7. The Morgan fingerprint density at radius 1 is 1.00 bits per heavy atom. The maximum Gasteiger partial charge on any atom is 0.416 e. The molecule has 0 saturated carbocycles. The van der Waals surface area contributed by atoms with Gasteiger partial charge in [0.1, 0.15) is 0 Å². The van der Waals surface area contributed by atoms with Crippen molar-refractivity contribution in [2.24, 2.45) is 0 Å². The van der Waals surface area contributed by atoms with Crippen LogP contribution in [0.3, 0.4) is 0 Å². The number of halogens is 3. The van der Waals surface area contributed by atoms with Crippen LogP contribution in [0.4, 0.5) is 30.2 Å². The van der Waals surface area contributed by atoms with E-state index in [1.165, 1.54) is 13.0 Å². The third kappa shape index (κ3) is 4.12. The number of rotatable bonds is 4. The van der Waals surface area contributed by atoms with Crippen LogP contribution in [-0.4, -0.2) is 15.8 Å². The van der Waals surface area contributed by atoms with Gasteiger partial charge in [-0.15, -0.1) is 0 Å². The van der Waals surface area contributed by atoms with Crippen LogP contribution >= 0.6 is 0 Å². The van der Waals surface area contributed by atoms with Crippen LogP contribution in [0.25, 0.3) is 0 Å². The van der Waals surface area contributed by atoms with Gasteiger partial charge >= 0.3 is 6.18 Å². The number of carbonyl (C=O) groups is 1. The fourth-order valence-corrected chi connectivity index (χ4v) is 2.15. The van der Waals surface area contributed by atoms with E-state index in [0.717, 1.165) is 18.2 Å². The lowest BCUT2D eigenvalue weighted by Gasteiger charge is -2.12. The Morgan fingerprint density at radius 3 is 2.00 bits per heavy atom. The van der Waals surface area contributed by atoms with E-state index in [1.54, 1.807) is 0 Å². The molecule has 2 aromatic carbocycles. The normalized spacial score (nSPS) is 11.1. The van der Waals surface area contributed by atoms with Crippen LogP contribution in [0.5, 0.6) is 0 Å². The first-order valence-electron chi connectivity index (χ1n) is 6.92. The highest BCUT2D eigenvalue weighted by molar-refractivity contribution is 6.05. The average Bonchev–Trinajstić information content (AvgIpc) is 2.55. The summed E-state index contributed by atoms with van der Waals surface area (Å²) >= 11 is 0. The summed E-state index contributed by atoms with van der Waals surface area (Å²) in [6.45, 7) is 1.25. The van der Waals surface area contributed by atoms with Gasteiger partial charge in [-0.3, -0.25) is 25.0 Å². The number of benzene rings is 2. The van der Waals surface area contributed by atoms with Gasteiger partial charge in [-0.2, -0.15) is 13.2 Å². The van der Waals surface area contributed by atoms with Crippen molar-refractivity contribution < 1.29 is 27.8 Å². The van der Waals surface area contributed by atoms with Crippen LogP contribution in [0.1, 0.15) is 21.5 Å². The summed E-state index contributed by atoms with van der Waals surface area (Å²) in [6, 6.07) is 5.33. The van der Waals surface area contributed by atoms with Crippen molar-refractivity contribution in [2.75, 3.05) is 5.32 Å². The Balaban J connectivity index is 2.39. The molecule has 0 saturated heterocycles. The van der Waals surface area contributed by atoms with E-state index in [4.69, 9.17) is 0 Å². The number of hydrogen-bond acceptors (Lipinski definition) is 5. The van der Waals surface area contributed by atoms with Crippen molar-refractivity contribution in [3.8, 4) is 0 Å². The summed E-state index contributed by atoms with van der Waals surface area (Å²) in [5.41, 5.74) is -3.03. The van der Waals surface area contributed by atoms with Gasteiger partial charge in [0.05, 0.1) is 27.0 Å². The Morgan fingerprint density at radius 2 is 1.54 bits per heavy atom. The van der Waals surface area contributed by atoms with Gasteiger partial charge in [0.15, 0.2) is 0 Å². The average molecular weight is 369 g/mol. The van der Waals surface area contributed by atoms with Crippen LogP contribution in [0.2, 0.25) is 0 Å². The maximum atomic E-state index is 12.9. The first kappa shape index (κ1) is 18.8. The van der Waals surface area contributed by atoms with Crippen molar-refractivity contribution >= 4 is 23.0 Å². The molecule has 0 bridgehead atoms. The lowest BCUT2D eigenvalue weighted by atomic mass is 10.1. The van der Waals surface area contributed by atoms with Crippen molar-refractivity contribution in [1.82, 2.24) is 0 Å². The van der Waals surface area contributed by atoms with E-state index in [0.29, 0.717) is 12.1 Å². The Labute approximate surface area is 143 Å². The van der Waals surface area contributed by atoms with Crippen molar-refractivity contribution in [3.05, 3.63) is 73.3 Å². The number of nitro benzene ring substituents is 2.